The van der Waals surface area contributed by atoms with Crippen LogP contribution in [0.15, 0.2) is 54.6 Å². The van der Waals surface area contributed by atoms with E-state index in [-0.39, 0.29) is 5.91 Å². The fourth-order valence-corrected chi connectivity index (χ4v) is 2.64. The number of morpholine rings is 1. The number of carbonyl (C=O) groups excluding carboxylic acids is 1. The van der Waals surface area contributed by atoms with Gasteiger partial charge in [-0.25, -0.2) is 0 Å². The van der Waals surface area contributed by atoms with Crippen LogP contribution in [-0.2, 0) is 16.1 Å². The molecule has 2 aromatic carbocycles. The van der Waals surface area contributed by atoms with Crippen LogP contribution in [0.3, 0.4) is 0 Å². The highest BCUT2D eigenvalue weighted by molar-refractivity contribution is 5.91. The van der Waals surface area contributed by atoms with Crippen LogP contribution in [0, 0.1) is 0 Å². The van der Waals surface area contributed by atoms with Crippen LogP contribution >= 0.6 is 0 Å². The minimum absolute atomic E-state index is 0.0323. The quantitative estimate of drug-likeness (QED) is 0.836. The number of nitrogens with one attached hydrogen (secondary N) is 2. The Labute approximate surface area is 142 Å². The average molecular weight is 327 g/mol. The SMILES string of the molecule is O=C(C[NH+]1CCOCC1)Nc1ccc(OCc2ccccc2)cc1. The van der Waals surface area contributed by atoms with E-state index >= 15 is 0 Å². The van der Waals surface area contributed by atoms with E-state index in [0.29, 0.717) is 13.2 Å². The van der Waals surface area contributed by atoms with Crippen molar-refractivity contribution >= 4 is 11.6 Å². The fraction of sp³-hybridized carbons (Fsp3) is 0.316. The molecule has 0 atom stereocenters. The molecule has 0 unspecified atom stereocenters. The van der Waals surface area contributed by atoms with Gasteiger partial charge in [-0.05, 0) is 29.8 Å². The summed E-state index contributed by atoms with van der Waals surface area (Å²) in [6, 6.07) is 17.5. The summed E-state index contributed by atoms with van der Waals surface area (Å²) in [5.41, 5.74) is 1.92. The van der Waals surface area contributed by atoms with Crippen LogP contribution in [0.4, 0.5) is 5.69 Å². The minimum Gasteiger partial charge on any atom is -0.489 e. The molecule has 1 aliphatic rings. The van der Waals surface area contributed by atoms with Crippen molar-refractivity contribution in [3.63, 3.8) is 0 Å². The molecule has 5 heteroatoms. The highest BCUT2D eigenvalue weighted by Gasteiger charge is 2.17. The molecule has 0 radical (unpaired) electrons. The highest BCUT2D eigenvalue weighted by Crippen LogP contribution is 2.17. The number of quaternary nitrogens is 1. The van der Waals surface area contributed by atoms with Crippen LogP contribution < -0.4 is 15.0 Å². The average Bonchev–Trinajstić information content (AvgIpc) is 2.63. The molecule has 0 aliphatic carbocycles. The maximum atomic E-state index is 12.1. The zero-order valence-electron chi connectivity index (χ0n) is 13.7. The molecule has 5 nitrogen and oxygen atoms in total. The smallest absolute Gasteiger partial charge is 0.279 e. The lowest BCUT2D eigenvalue weighted by Crippen LogP contribution is -3.15. The van der Waals surface area contributed by atoms with Crippen molar-refractivity contribution in [1.82, 2.24) is 0 Å². The summed E-state index contributed by atoms with van der Waals surface area (Å²) in [5, 5.41) is 2.93. The Balaban J connectivity index is 1.46. The highest BCUT2D eigenvalue weighted by atomic mass is 16.5. The first-order chi connectivity index (χ1) is 11.8. The van der Waals surface area contributed by atoms with E-state index in [9.17, 15) is 4.79 Å². The number of rotatable bonds is 6. The topological polar surface area (TPSA) is 52.0 Å². The number of benzene rings is 2. The van der Waals surface area contributed by atoms with Gasteiger partial charge in [0.05, 0.1) is 13.2 Å². The third-order valence-electron chi connectivity index (χ3n) is 4.00. The molecule has 2 aromatic rings. The van der Waals surface area contributed by atoms with E-state index in [4.69, 9.17) is 9.47 Å². The van der Waals surface area contributed by atoms with E-state index < -0.39 is 0 Å². The Kier molecular flexibility index (Phi) is 5.82. The summed E-state index contributed by atoms with van der Waals surface area (Å²) in [6.07, 6.45) is 0. The number of amides is 1. The monoisotopic (exact) mass is 327 g/mol. The molecule has 1 aliphatic heterocycles. The summed E-state index contributed by atoms with van der Waals surface area (Å²) < 4.78 is 11.0. The maximum absolute atomic E-state index is 12.1. The summed E-state index contributed by atoms with van der Waals surface area (Å²) in [7, 11) is 0. The third kappa shape index (κ3) is 5.08. The fourth-order valence-electron chi connectivity index (χ4n) is 2.64. The first-order valence-electron chi connectivity index (χ1n) is 8.27. The molecule has 126 valence electrons. The number of hydrogen-bond acceptors (Lipinski definition) is 3. The molecular weight excluding hydrogens is 304 g/mol. The van der Waals surface area contributed by atoms with Crippen molar-refractivity contribution in [1.29, 1.82) is 0 Å². The summed E-state index contributed by atoms with van der Waals surface area (Å²) in [6.45, 7) is 4.26. The van der Waals surface area contributed by atoms with Crippen molar-refractivity contribution < 1.29 is 19.2 Å². The third-order valence-corrected chi connectivity index (χ3v) is 4.00. The lowest BCUT2D eigenvalue weighted by Gasteiger charge is -2.23. The summed E-state index contributed by atoms with van der Waals surface area (Å²) in [4.78, 5) is 13.3. The second kappa shape index (κ2) is 8.47. The molecular formula is C19H23N2O3+. The number of anilines is 1. The van der Waals surface area contributed by atoms with E-state index in [0.717, 1.165) is 43.3 Å². The molecule has 0 spiro atoms. The molecule has 1 amide bonds. The standard InChI is InChI=1S/C19H22N2O3/c22-19(14-21-10-12-23-13-11-21)20-17-6-8-18(9-7-17)24-15-16-4-2-1-3-5-16/h1-9H,10-15H2,(H,20,22)/p+1. The summed E-state index contributed by atoms with van der Waals surface area (Å²) >= 11 is 0. The Hall–Kier alpha value is -2.37. The summed E-state index contributed by atoms with van der Waals surface area (Å²) in [5.74, 6) is 0.820. The predicted octanol–water partition coefficient (Wildman–Crippen LogP) is 1.12. The second-order valence-electron chi connectivity index (χ2n) is 5.89. The Morgan fingerprint density at radius 2 is 1.75 bits per heavy atom. The van der Waals surface area contributed by atoms with Gasteiger partial charge in [0.2, 0.25) is 0 Å². The van der Waals surface area contributed by atoms with Crippen LogP contribution in [-0.4, -0.2) is 38.8 Å². The maximum Gasteiger partial charge on any atom is 0.279 e. The van der Waals surface area contributed by atoms with Crippen LogP contribution in [0.2, 0.25) is 0 Å². The van der Waals surface area contributed by atoms with Gasteiger partial charge in [-0.1, -0.05) is 30.3 Å². The molecule has 3 rings (SSSR count). The predicted molar refractivity (Wildman–Crippen MR) is 92.2 cm³/mol. The number of hydrogen-bond donors (Lipinski definition) is 2. The van der Waals surface area contributed by atoms with Gasteiger partial charge in [-0.15, -0.1) is 0 Å². The van der Waals surface area contributed by atoms with Crippen LogP contribution in [0.5, 0.6) is 5.75 Å². The van der Waals surface area contributed by atoms with Crippen molar-refractivity contribution in [3.05, 3.63) is 60.2 Å². The number of ether oxygens (including phenoxy) is 2. The molecule has 0 bridgehead atoms. The molecule has 0 aromatic heterocycles. The number of carbonyl (C=O) groups is 1. The Bertz CT molecular complexity index is 637. The van der Waals surface area contributed by atoms with E-state index in [2.05, 4.69) is 5.32 Å². The lowest BCUT2D eigenvalue weighted by atomic mass is 10.2. The zero-order chi connectivity index (χ0) is 16.6. The molecule has 1 fully saturated rings. The van der Waals surface area contributed by atoms with Crippen molar-refractivity contribution in [2.75, 3.05) is 38.2 Å². The van der Waals surface area contributed by atoms with Crippen molar-refractivity contribution in [2.24, 2.45) is 0 Å². The molecule has 0 saturated carbocycles. The Morgan fingerprint density at radius 1 is 1.04 bits per heavy atom. The van der Waals surface area contributed by atoms with Crippen LogP contribution in [0.25, 0.3) is 0 Å². The van der Waals surface area contributed by atoms with Gasteiger partial charge in [-0.2, -0.15) is 0 Å². The molecule has 2 N–H and O–H groups in total. The van der Waals surface area contributed by atoms with Crippen molar-refractivity contribution in [2.45, 2.75) is 6.61 Å². The second-order valence-corrected chi connectivity index (χ2v) is 5.89. The van der Waals surface area contributed by atoms with E-state index in [1.54, 1.807) is 0 Å². The van der Waals surface area contributed by atoms with E-state index in [1.807, 2.05) is 54.6 Å². The van der Waals surface area contributed by atoms with Crippen LogP contribution in [0.1, 0.15) is 5.56 Å². The normalized spacial score (nSPS) is 15.0. The molecule has 1 heterocycles. The van der Waals surface area contributed by atoms with Gasteiger partial charge in [-0.3, -0.25) is 4.79 Å². The van der Waals surface area contributed by atoms with Gasteiger partial charge in [0, 0.05) is 5.69 Å². The van der Waals surface area contributed by atoms with Gasteiger partial charge >= 0.3 is 0 Å². The molecule has 1 saturated heterocycles. The van der Waals surface area contributed by atoms with Gasteiger partial charge < -0.3 is 19.7 Å². The van der Waals surface area contributed by atoms with Gasteiger partial charge in [0.25, 0.3) is 5.91 Å². The van der Waals surface area contributed by atoms with Crippen molar-refractivity contribution in [3.8, 4) is 5.75 Å². The van der Waals surface area contributed by atoms with Gasteiger partial charge in [0.15, 0.2) is 6.54 Å². The lowest BCUT2D eigenvalue weighted by molar-refractivity contribution is -0.899. The zero-order valence-corrected chi connectivity index (χ0v) is 13.7. The molecule has 24 heavy (non-hydrogen) atoms. The largest absolute Gasteiger partial charge is 0.489 e. The first-order valence-corrected chi connectivity index (χ1v) is 8.27. The van der Waals surface area contributed by atoms with Gasteiger partial charge in [0.1, 0.15) is 25.4 Å². The first kappa shape index (κ1) is 16.5. The minimum atomic E-state index is 0.0323. The Morgan fingerprint density at radius 3 is 2.46 bits per heavy atom. The van der Waals surface area contributed by atoms with E-state index in [1.165, 1.54) is 4.90 Å².